The molecule has 2 N–H and O–H groups in total. The summed E-state index contributed by atoms with van der Waals surface area (Å²) in [4.78, 5) is 11.7. The van der Waals surface area contributed by atoms with Crippen molar-refractivity contribution in [2.24, 2.45) is 0 Å². The second-order valence-electron chi connectivity index (χ2n) is 4.12. The summed E-state index contributed by atoms with van der Waals surface area (Å²) >= 11 is 0. The maximum atomic E-state index is 13.5. The minimum atomic E-state index is -0.779. The van der Waals surface area contributed by atoms with Crippen molar-refractivity contribution in [3.05, 3.63) is 65.0 Å². The lowest BCUT2D eigenvalue weighted by Crippen LogP contribution is -2.08. The van der Waals surface area contributed by atoms with E-state index in [1.165, 1.54) is 12.1 Å². The Morgan fingerprint density at radius 1 is 1.25 bits per heavy atom. The summed E-state index contributed by atoms with van der Waals surface area (Å²) < 4.78 is 18.5. The van der Waals surface area contributed by atoms with Crippen molar-refractivity contribution >= 4 is 11.7 Å². The van der Waals surface area contributed by atoms with Crippen LogP contribution in [0.2, 0.25) is 0 Å². The number of anilines is 1. The quantitative estimate of drug-likeness (QED) is 0.687. The van der Waals surface area contributed by atoms with E-state index in [9.17, 15) is 9.18 Å². The molecule has 5 heteroatoms. The molecule has 20 heavy (non-hydrogen) atoms. The number of halogens is 1. The largest absolute Gasteiger partial charge is 0.457 e. The number of nitrogens with two attached hydrogens (primary N) is 1. The molecule has 4 nitrogen and oxygen atoms in total. The molecule has 0 aliphatic heterocycles. The van der Waals surface area contributed by atoms with Gasteiger partial charge in [-0.15, -0.1) is 0 Å². The Morgan fingerprint density at radius 2 is 1.95 bits per heavy atom. The van der Waals surface area contributed by atoms with Crippen LogP contribution in [0.4, 0.5) is 10.1 Å². The summed E-state index contributed by atoms with van der Waals surface area (Å²) in [6.07, 6.45) is 0. The first-order chi connectivity index (χ1) is 9.60. The van der Waals surface area contributed by atoms with Crippen molar-refractivity contribution in [3.63, 3.8) is 0 Å². The third-order valence-corrected chi connectivity index (χ3v) is 2.66. The lowest BCUT2D eigenvalue weighted by atomic mass is 10.1. The summed E-state index contributed by atoms with van der Waals surface area (Å²) in [6.45, 7) is -0.00121. The van der Waals surface area contributed by atoms with Crippen LogP contribution in [-0.2, 0) is 11.3 Å². The van der Waals surface area contributed by atoms with E-state index in [2.05, 4.69) is 0 Å². The number of hydrogen-bond donors (Lipinski definition) is 1. The van der Waals surface area contributed by atoms with E-state index in [-0.39, 0.29) is 17.9 Å². The summed E-state index contributed by atoms with van der Waals surface area (Å²) in [5.41, 5.74) is 6.82. The Labute approximate surface area is 115 Å². The van der Waals surface area contributed by atoms with Gasteiger partial charge < -0.3 is 10.5 Å². The van der Waals surface area contributed by atoms with Crippen LogP contribution in [0.25, 0.3) is 0 Å². The van der Waals surface area contributed by atoms with Gasteiger partial charge in [-0.25, -0.2) is 9.18 Å². The second kappa shape index (κ2) is 5.85. The maximum absolute atomic E-state index is 13.5. The van der Waals surface area contributed by atoms with E-state index in [0.717, 1.165) is 6.07 Å². The molecule has 0 aromatic heterocycles. The van der Waals surface area contributed by atoms with Crippen LogP contribution in [0, 0.1) is 17.1 Å². The topological polar surface area (TPSA) is 76.1 Å². The van der Waals surface area contributed by atoms with E-state index < -0.39 is 11.8 Å². The van der Waals surface area contributed by atoms with Gasteiger partial charge >= 0.3 is 5.97 Å². The van der Waals surface area contributed by atoms with E-state index in [0.29, 0.717) is 11.1 Å². The zero-order valence-corrected chi connectivity index (χ0v) is 10.5. The summed E-state index contributed by atoms with van der Waals surface area (Å²) in [5, 5.41) is 8.66. The molecule has 0 heterocycles. The van der Waals surface area contributed by atoms with Gasteiger partial charge in [0.25, 0.3) is 0 Å². The zero-order valence-electron chi connectivity index (χ0n) is 10.5. The van der Waals surface area contributed by atoms with Crippen LogP contribution in [0.5, 0.6) is 0 Å². The fraction of sp³-hybridized carbons (Fsp3) is 0.0667. The van der Waals surface area contributed by atoms with Gasteiger partial charge in [0.05, 0.1) is 17.2 Å². The van der Waals surface area contributed by atoms with Crippen LogP contribution in [0.1, 0.15) is 21.5 Å². The molecular weight excluding hydrogens is 259 g/mol. The number of benzene rings is 2. The molecule has 0 aliphatic rings. The van der Waals surface area contributed by atoms with Crippen molar-refractivity contribution < 1.29 is 13.9 Å². The van der Waals surface area contributed by atoms with Crippen molar-refractivity contribution in [2.45, 2.75) is 6.61 Å². The van der Waals surface area contributed by atoms with Gasteiger partial charge in [-0.1, -0.05) is 12.1 Å². The van der Waals surface area contributed by atoms with Gasteiger partial charge in [-0.2, -0.15) is 5.26 Å². The van der Waals surface area contributed by atoms with Crippen molar-refractivity contribution in [3.8, 4) is 6.07 Å². The van der Waals surface area contributed by atoms with Crippen LogP contribution in [0.15, 0.2) is 42.5 Å². The molecule has 0 amide bonds. The molecule has 0 atom stereocenters. The van der Waals surface area contributed by atoms with Gasteiger partial charge in [0.15, 0.2) is 0 Å². The van der Waals surface area contributed by atoms with Gasteiger partial charge in [-0.05, 0) is 35.9 Å². The molecule has 0 radical (unpaired) electrons. The summed E-state index contributed by atoms with van der Waals surface area (Å²) in [7, 11) is 0. The van der Waals surface area contributed by atoms with Gasteiger partial charge in [0.2, 0.25) is 0 Å². The molecule has 0 saturated heterocycles. The molecule has 0 aliphatic carbocycles. The highest BCUT2D eigenvalue weighted by Crippen LogP contribution is 2.14. The minimum Gasteiger partial charge on any atom is -0.457 e. The summed E-state index contributed by atoms with van der Waals surface area (Å²) in [5.74, 6) is -1.46. The second-order valence-corrected chi connectivity index (χ2v) is 4.12. The number of nitrogens with zero attached hydrogens (tertiary/aromatic N) is 1. The van der Waals surface area contributed by atoms with Crippen LogP contribution >= 0.6 is 0 Å². The molecule has 0 fully saturated rings. The first kappa shape index (κ1) is 13.6. The third-order valence-electron chi connectivity index (χ3n) is 2.66. The van der Waals surface area contributed by atoms with Crippen LogP contribution in [0.3, 0.4) is 0 Å². The molecule has 2 aromatic carbocycles. The minimum absolute atomic E-state index is 0.00121. The Morgan fingerprint density at radius 3 is 2.60 bits per heavy atom. The smallest absolute Gasteiger partial charge is 0.341 e. The first-order valence-electron chi connectivity index (χ1n) is 5.81. The lowest BCUT2D eigenvalue weighted by Gasteiger charge is -2.06. The molecule has 0 bridgehead atoms. The molecule has 100 valence electrons. The Bertz CT molecular complexity index is 675. The lowest BCUT2D eigenvalue weighted by molar-refractivity contribution is 0.0467. The number of carbonyl (C=O) groups excluding carboxylic acids is 1. The highest BCUT2D eigenvalue weighted by atomic mass is 19.1. The Hall–Kier alpha value is -2.87. The van der Waals surface area contributed by atoms with Crippen molar-refractivity contribution in [1.29, 1.82) is 5.26 Å². The number of ether oxygens (including phenoxy) is 1. The van der Waals surface area contributed by atoms with Crippen LogP contribution < -0.4 is 5.73 Å². The third kappa shape index (κ3) is 3.12. The number of esters is 1. The number of nitrogen functional groups attached to an aromatic ring is 1. The molecule has 2 aromatic rings. The Kier molecular flexibility index (Phi) is 3.96. The number of carbonyl (C=O) groups is 1. The average Bonchev–Trinajstić information content (AvgIpc) is 2.47. The highest BCUT2D eigenvalue weighted by molar-refractivity contribution is 5.90. The number of nitriles is 1. The SMILES string of the molecule is N#Cc1ccc(COC(=O)c2cc(N)ccc2F)cc1. The predicted octanol–water partition coefficient (Wildman–Crippen LogP) is 2.64. The summed E-state index contributed by atoms with van der Waals surface area (Å²) in [6, 6.07) is 12.3. The number of hydrogen-bond acceptors (Lipinski definition) is 4. The fourth-order valence-electron chi connectivity index (χ4n) is 1.60. The van der Waals surface area contributed by atoms with E-state index in [4.69, 9.17) is 15.7 Å². The van der Waals surface area contributed by atoms with Crippen molar-refractivity contribution in [2.75, 3.05) is 5.73 Å². The molecule has 0 saturated carbocycles. The molecular formula is C15H11FN2O2. The standard InChI is InChI=1S/C15H11FN2O2/c16-14-6-5-12(18)7-13(14)15(19)20-9-11-3-1-10(8-17)2-4-11/h1-7H,9,18H2. The van der Waals surface area contributed by atoms with E-state index in [1.54, 1.807) is 24.3 Å². The predicted molar refractivity (Wildman–Crippen MR) is 71.1 cm³/mol. The highest BCUT2D eigenvalue weighted by Gasteiger charge is 2.13. The van der Waals surface area contributed by atoms with Gasteiger partial charge in [-0.3, -0.25) is 0 Å². The molecule has 0 spiro atoms. The zero-order chi connectivity index (χ0) is 14.5. The van der Waals surface area contributed by atoms with Crippen LogP contribution in [-0.4, -0.2) is 5.97 Å². The first-order valence-corrected chi connectivity index (χ1v) is 5.81. The van der Waals surface area contributed by atoms with E-state index in [1.807, 2.05) is 6.07 Å². The van der Waals surface area contributed by atoms with Gasteiger partial charge in [0.1, 0.15) is 12.4 Å². The van der Waals surface area contributed by atoms with Crippen molar-refractivity contribution in [1.82, 2.24) is 0 Å². The Balaban J connectivity index is 2.04. The molecule has 0 unspecified atom stereocenters. The fourth-order valence-corrected chi connectivity index (χ4v) is 1.60. The monoisotopic (exact) mass is 270 g/mol. The normalized spacial score (nSPS) is 9.80. The average molecular weight is 270 g/mol. The molecule has 2 rings (SSSR count). The number of rotatable bonds is 3. The van der Waals surface area contributed by atoms with E-state index >= 15 is 0 Å². The maximum Gasteiger partial charge on any atom is 0.341 e. The van der Waals surface area contributed by atoms with Gasteiger partial charge in [0, 0.05) is 5.69 Å².